The van der Waals surface area contributed by atoms with Gasteiger partial charge in [-0.1, -0.05) is 81.4 Å². The molecule has 2 rings (SSSR count). The molecule has 4 heteroatoms. The maximum atomic E-state index is 12.7. The monoisotopic (exact) mass is 367 g/mol. The molecule has 0 heterocycles. The molecule has 0 spiro atoms. The highest BCUT2D eigenvalue weighted by molar-refractivity contribution is 5.85. The molecular formula is C23H29NO3. The number of esters is 1. The van der Waals surface area contributed by atoms with Crippen LogP contribution in [0.4, 0.5) is 0 Å². The highest BCUT2D eigenvalue weighted by atomic mass is 16.5. The molecule has 0 aliphatic heterocycles. The third-order valence-corrected chi connectivity index (χ3v) is 4.38. The van der Waals surface area contributed by atoms with Gasteiger partial charge in [-0.05, 0) is 23.5 Å². The molecule has 2 aromatic carbocycles. The predicted octanol–water partition coefficient (Wildman–Crippen LogP) is 4.14. The molecule has 2 atom stereocenters. The normalized spacial score (nSPS) is 13.0. The maximum Gasteiger partial charge on any atom is 0.329 e. The van der Waals surface area contributed by atoms with Crippen molar-refractivity contribution in [3.05, 3.63) is 71.8 Å². The molecule has 0 bridgehead atoms. The van der Waals surface area contributed by atoms with E-state index in [0.29, 0.717) is 12.3 Å². The summed E-state index contributed by atoms with van der Waals surface area (Å²) in [6.45, 7) is 6.26. The molecule has 1 amide bonds. The molecule has 0 radical (unpaired) electrons. The van der Waals surface area contributed by atoms with Crippen molar-refractivity contribution in [2.45, 2.75) is 46.3 Å². The van der Waals surface area contributed by atoms with Crippen LogP contribution in [0.25, 0.3) is 0 Å². The Labute approximate surface area is 161 Å². The first-order valence-corrected chi connectivity index (χ1v) is 9.50. The average Bonchev–Trinajstić information content (AvgIpc) is 2.66. The minimum atomic E-state index is -0.696. The molecule has 0 aliphatic rings. The van der Waals surface area contributed by atoms with Crippen LogP contribution in [0.2, 0.25) is 0 Å². The van der Waals surface area contributed by atoms with Crippen LogP contribution >= 0.6 is 0 Å². The molecular weight excluding hydrogens is 338 g/mol. The molecule has 4 nitrogen and oxygen atoms in total. The molecule has 0 unspecified atom stereocenters. The molecule has 0 saturated carbocycles. The van der Waals surface area contributed by atoms with Crippen LogP contribution in [-0.2, 0) is 27.4 Å². The smallest absolute Gasteiger partial charge is 0.329 e. The van der Waals surface area contributed by atoms with E-state index in [1.54, 1.807) is 0 Å². The van der Waals surface area contributed by atoms with Crippen molar-refractivity contribution >= 4 is 11.9 Å². The summed E-state index contributed by atoms with van der Waals surface area (Å²) in [7, 11) is 0. The number of ether oxygens (including phenoxy) is 1. The van der Waals surface area contributed by atoms with Gasteiger partial charge in [-0.25, -0.2) is 4.79 Å². The first-order chi connectivity index (χ1) is 13.0. The lowest BCUT2D eigenvalue weighted by molar-refractivity contribution is -0.149. The standard InChI is InChI=1S/C23H29NO3/c1-17(2)14-18(3)22(25)24-21(15-19-10-6-4-7-11-19)23(26)27-16-20-12-8-5-9-13-20/h4-13,17-18,21H,14-16H2,1-3H3,(H,24,25)/t18-,21-/m0/s1. The number of rotatable bonds is 9. The lowest BCUT2D eigenvalue weighted by Gasteiger charge is -2.21. The van der Waals surface area contributed by atoms with Gasteiger partial charge in [0, 0.05) is 12.3 Å². The molecule has 144 valence electrons. The van der Waals surface area contributed by atoms with Gasteiger partial charge in [-0.15, -0.1) is 0 Å². The van der Waals surface area contributed by atoms with Crippen molar-refractivity contribution in [2.24, 2.45) is 11.8 Å². The van der Waals surface area contributed by atoms with E-state index in [1.165, 1.54) is 0 Å². The van der Waals surface area contributed by atoms with E-state index in [2.05, 4.69) is 19.2 Å². The van der Waals surface area contributed by atoms with Crippen molar-refractivity contribution in [3.63, 3.8) is 0 Å². The van der Waals surface area contributed by atoms with Crippen LogP contribution in [0.15, 0.2) is 60.7 Å². The Balaban J connectivity index is 2.03. The Bertz CT molecular complexity index is 713. The van der Waals surface area contributed by atoms with Crippen molar-refractivity contribution < 1.29 is 14.3 Å². The number of hydrogen-bond donors (Lipinski definition) is 1. The van der Waals surface area contributed by atoms with Crippen LogP contribution in [-0.4, -0.2) is 17.9 Å². The van der Waals surface area contributed by atoms with Crippen LogP contribution in [0, 0.1) is 11.8 Å². The molecule has 0 aliphatic carbocycles. The largest absolute Gasteiger partial charge is 0.459 e. The minimum absolute atomic E-state index is 0.110. The summed E-state index contributed by atoms with van der Waals surface area (Å²) in [4.78, 5) is 25.2. The zero-order valence-corrected chi connectivity index (χ0v) is 16.4. The lowest BCUT2D eigenvalue weighted by atomic mass is 9.97. The van der Waals surface area contributed by atoms with E-state index >= 15 is 0 Å². The summed E-state index contributed by atoms with van der Waals surface area (Å²) in [5, 5.41) is 2.89. The minimum Gasteiger partial charge on any atom is -0.459 e. The summed E-state index contributed by atoms with van der Waals surface area (Å²) in [6, 6.07) is 18.5. The Hall–Kier alpha value is -2.62. The fourth-order valence-corrected chi connectivity index (χ4v) is 3.00. The summed E-state index contributed by atoms with van der Waals surface area (Å²) in [5.74, 6) is -0.248. The zero-order valence-electron chi connectivity index (χ0n) is 16.4. The first-order valence-electron chi connectivity index (χ1n) is 9.50. The van der Waals surface area contributed by atoms with E-state index in [4.69, 9.17) is 4.74 Å². The first kappa shape index (κ1) is 20.7. The highest BCUT2D eigenvalue weighted by Gasteiger charge is 2.25. The van der Waals surface area contributed by atoms with E-state index in [0.717, 1.165) is 17.5 Å². The second kappa shape index (κ2) is 10.5. The Morgan fingerprint density at radius 2 is 1.44 bits per heavy atom. The zero-order chi connectivity index (χ0) is 19.6. The predicted molar refractivity (Wildman–Crippen MR) is 107 cm³/mol. The van der Waals surface area contributed by atoms with Gasteiger partial charge >= 0.3 is 5.97 Å². The van der Waals surface area contributed by atoms with Gasteiger partial charge in [-0.3, -0.25) is 4.79 Å². The summed E-state index contributed by atoms with van der Waals surface area (Å²) < 4.78 is 5.47. The van der Waals surface area contributed by atoms with Gasteiger partial charge in [0.05, 0.1) is 0 Å². The van der Waals surface area contributed by atoms with Crippen molar-refractivity contribution in [3.8, 4) is 0 Å². The number of carbonyl (C=O) groups is 2. The third-order valence-electron chi connectivity index (χ3n) is 4.38. The topological polar surface area (TPSA) is 55.4 Å². The van der Waals surface area contributed by atoms with E-state index in [9.17, 15) is 9.59 Å². The van der Waals surface area contributed by atoms with Gasteiger partial charge in [-0.2, -0.15) is 0 Å². The third kappa shape index (κ3) is 7.26. The Morgan fingerprint density at radius 1 is 0.889 bits per heavy atom. The second-order valence-corrected chi connectivity index (χ2v) is 7.37. The van der Waals surface area contributed by atoms with E-state index in [1.807, 2.05) is 67.6 Å². The summed E-state index contributed by atoms with van der Waals surface area (Å²) in [5.41, 5.74) is 1.90. The highest BCUT2D eigenvalue weighted by Crippen LogP contribution is 2.13. The van der Waals surface area contributed by atoms with Crippen LogP contribution in [0.3, 0.4) is 0 Å². The quantitative estimate of drug-likeness (QED) is 0.678. The molecule has 27 heavy (non-hydrogen) atoms. The van der Waals surface area contributed by atoms with Gasteiger partial charge in [0.2, 0.25) is 5.91 Å². The van der Waals surface area contributed by atoms with Crippen molar-refractivity contribution in [2.75, 3.05) is 0 Å². The van der Waals surface area contributed by atoms with Gasteiger partial charge in [0.1, 0.15) is 12.6 Å². The number of nitrogens with one attached hydrogen (secondary N) is 1. The molecule has 0 aromatic heterocycles. The Kier molecular flexibility index (Phi) is 8.05. The average molecular weight is 367 g/mol. The maximum absolute atomic E-state index is 12.7. The van der Waals surface area contributed by atoms with E-state index < -0.39 is 12.0 Å². The van der Waals surface area contributed by atoms with Gasteiger partial charge in [0.15, 0.2) is 0 Å². The van der Waals surface area contributed by atoms with Crippen molar-refractivity contribution in [1.29, 1.82) is 0 Å². The Morgan fingerprint density at radius 3 is 2.00 bits per heavy atom. The van der Waals surface area contributed by atoms with Gasteiger partial charge in [0.25, 0.3) is 0 Å². The van der Waals surface area contributed by atoms with Crippen LogP contribution < -0.4 is 5.32 Å². The number of amides is 1. The van der Waals surface area contributed by atoms with E-state index in [-0.39, 0.29) is 18.4 Å². The van der Waals surface area contributed by atoms with Gasteiger partial charge < -0.3 is 10.1 Å². The molecule has 0 saturated heterocycles. The second-order valence-electron chi connectivity index (χ2n) is 7.37. The van der Waals surface area contributed by atoms with Crippen molar-refractivity contribution in [1.82, 2.24) is 5.32 Å². The molecule has 0 fully saturated rings. The SMILES string of the molecule is CC(C)C[C@H](C)C(=O)N[C@@H](Cc1ccccc1)C(=O)OCc1ccccc1. The number of benzene rings is 2. The lowest BCUT2D eigenvalue weighted by Crippen LogP contribution is -2.45. The summed E-state index contributed by atoms with van der Waals surface area (Å²) >= 11 is 0. The fraction of sp³-hybridized carbons (Fsp3) is 0.391. The fourth-order valence-electron chi connectivity index (χ4n) is 3.00. The molecule has 2 aromatic rings. The van der Waals surface area contributed by atoms with Crippen LogP contribution in [0.1, 0.15) is 38.3 Å². The number of carbonyl (C=O) groups excluding carboxylic acids is 2. The number of hydrogen-bond acceptors (Lipinski definition) is 3. The summed E-state index contributed by atoms with van der Waals surface area (Å²) in [6.07, 6.45) is 1.19. The molecule has 1 N–H and O–H groups in total. The van der Waals surface area contributed by atoms with Crippen LogP contribution in [0.5, 0.6) is 0 Å².